The van der Waals surface area contributed by atoms with E-state index in [1.165, 1.54) is 11.3 Å². The lowest BCUT2D eigenvalue weighted by atomic mass is 10.0. The second kappa shape index (κ2) is 3.69. The van der Waals surface area contributed by atoms with Gasteiger partial charge in [0.2, 0.25) is 0 Å². The van der Waals surface area contributed by atoms with Crippen LogP contribution < -0.4 is 4.90 Å². The molecule has 0 aromatic heterocycles. The molecule has 15 heavy (non-hydrogen) atoms. The minimum Gasteiger partial charge on any atom is -0.369 e. The average Bonchev–Trinajstić information content (AvgIpc) is 2.59. The molecule has 1 aromatic rings. The molecular formula is C13H17NO. The topological polar surface area (TPSA) is 20.3 Å². The van der Waals surface area contributed by atoms with Crippen molar-refractivity contribution in [2.45, 2.75) is 33.2 Å². The minimum atomic E-state index is 0.178. The number of ketones is 1. The zero-order valence-electron chi connectivity index (χ0n) is 9.58. The summed E-state index contributed by atoms with van der Waals surface area (Å²) in [5, 5.41) is 0. The van der Waals surface area contributed by atoms with Crippen LogP contribution >= 0.6 is 0 Å². The second-order valence-electron chi connectivity index (χ2n) is 4.40. The third kappa shape index (κ3) is 1.65. The maximum absolute atomic E-state index is 11.5. The summed E-state index contributed by atoms with van der Waals surface area (Å²) in [5.74, 6) is 0.178. The van der Waals surface area contributed by atoms with E-state index >= 15 is 0 Å². The first-order chi connectivity index (χ1) is 7.11. The van der Waals surface area contributed by atoms with Gasteiger partial charge in [-0.3, -0.25) is 4.79 Å². The van der Waals surface area contributed by atoms with E-state index in [4.69, 9.17) is 0 Å². The fourth-order valence-corrected chi connectivity index (χ4v) is 2.33. The summed E-state index contributed by atoms with van der Waals surface area (Å²) in [6.45, 7) is 7.07. The van der Waals surface area contributed by atoms with Gasteiger partial charge in [0.25, 0.3) is 0 Å². The van der Waals surface area contributed by atoms with Gasteiger partial charge in [0.15, 0.2) is 5.78 Å². The van der Waals surface area contributed by atoms with Gasteiger partial charge in [-0.2, -0.15) is 0 Å². The molecule has 0 aliphatic carbocycles. The highest BCUT2D eigenvalue weighted by Crippen LogP contribution is 2.32. The van der Waals surface area contributed by atoms with Crippen LogP contribution in [0.4, 0.5) is 5.69 Å². The smallest absolute Gasteiger partial charge is 0.160 e. The van der Waals surface area contributed by atoms with Gasteiger partial charge < -0.3 is 4.90 Å². The van der Waals surface area contributed by atoms with Gasteiger partial charge in [-0.1, -0.05) is 12.1 Å². The Morgan fingerprint density at radius 3 is 2.73 bits per heavy atom. The molecule has 0 unspecified atom stereocenters. The molecule has 1 aliphatic rings. The Hall–Kier alpha value is -1.31. The maximum atomic E-state index is 11.5. The molecule has 1 aliphatic heterocycles. The van der Waals surface area contributed by atoms with Crippen molar-refractivity contribution in [1.82, 2.24) is 0 Å². The first kappa shape index (κ1) is 10.2. The van der Waals surface area contributed by atoms with Crippen LogP contribution in [0.15, 0.2) is 18.2 Å². The van der Waals surface area contributed by atoms with E-state index < -0.39 is 0 Å². The van der Waals surface area contributed by atoms with Crippen LogP contribution in [-0.4, -0.2) is 18.4 Å². The molecule has 0 radical (unpaired) electrons. The van der Waals surface area contributed by atoms with Crippen molar-refractivity contribution in [2.24, 2.45) is 0 Å². The van der Waals surface area contributed by atoms with E-state index in [0.717, 1.165) is 18.5 Å². The Morgan fingerprint density at radius 1 is 1.40 bits per heavy atom. The van der Waals surface area contributed by atoms with Crippen LogP contribution in [-0.2, 0) is 6.42 Å². The number of carbonyl (C=O) groups excluding carboxylic acids is 1. The van der Waals surface area contributed by atoms with Crippen LogP contribution in [0.5, 0.6) is 0 Å². The van der Waals surface area contributed by atoms with Crippen molar-refractivity contribution in [3.63, 3.8) is 0 Å². The minimum absolute atomic E-state index is 0.178. The van der Waals surface area contributed by atoms with Gasteiger partial charge in [-0.05, 0) is 38.8 Å². The highest BCUT2D eigenvalue weighted by Gasteiger charge is 2.24. The van der Waals surface area contributed by atoms with Gasteiger partial charge in [-0.25, -0.2) is 0 Å². The molecule has 2 nitrogen and oxygen atoms in total. The van der Waals surface area contributed by atoms with Gasteiger partial charge in [-0.15, -0.1) is 0 Å². The van der Waals surface area contributed by atoms with Crippen molar-refractivity contribution in [3.8, 4) is 0 Å². The molecule has 0 atom stereocenters. The molecule has 0 saturated heterocycles. The van der Waals surface area contributed by atoms with Crippen molar-refractivity contribution in [3.05, 3.63) is 29.3 Å². The Balaban J connectivity index is 2.48. The molecule has 0 bridgehead atoms. The third-order valence-corrected chi connectivity index (χ3v) is 3.07. The Morgan fingerprint density at radius 2 is 2.13 bits per heavy atom. The molecule has 1 aromatic carbocycles. The Bertz CT molecular complexity index is 396. The number of anilines is 1. The first-order valence-electron chi connectivity index (χ1n) is 5.50. The van der Waals surface area contributed by atoms with Crippen molar-refractivity contribution in [2.75, 3.05) is 11.4 Å². The monoisotopic (exact) mass is 203 g/mol. The third-order valence-electron chi connectivity index (χ3n) is 3.07. The number of Topliss-reactive ketones (excluding diaryl/α,β-unsaturated/α-hetero) is 1. The number of benzene rings is 1. The SMILES string of the molecule is CC(=O)c1cccc2c1CCN2C(C)C. The molecular weight excluding hydrogens is 186 g/mol. The van der Waals surface area contributed by atoms with Crippen LogP contribution in [0.3, 0.4) is 0 Å². The summed E-state index contributed by atoms with van der Waals surface area (Å²) >= 11 is 0. The number of carbonyl (C=O) groups is 1. The summed E-state index contributed by atoms with van der Waals surface area (Å²) in [6.07, 6.45) is 1.00. The predicted octanol–water partition coefficient (Wildman–Crippen LogP) is 2.66. The lowest BCUT2D eigenvalue weighted by molar-refractivity contribution is 0.101. The van der Waals surface area contributed by atoms with E-state index in [-0.39, 0.29) is 5.78 Å². The number of fused-ring (bicyclic) bond motifs is 1. The summed E-state index contributed by atoms with van der Waals surface area (Å²) in [4.78, 5) is 13.8. The summed E-state index contributed by atoms with van der Waals surface area (Å²) in [5.41, 5.74) is 3.38. The zero-order chi connectivity index (χ0) is 11.0. The van der Waals surface area contributed by atoms with Crippen LogP contribution in [0.2, 0.25) is 0 Å². The van der Waals surface area contributed by atoms with Crippen molar-refractivity contribution < 1.29 is 4.79 Å². The number of rotatable bonds is 2. The molecule has 0 fully saturated rings. The highest BCUT2D eigenvalue weighted by molar-refractivity contribution is 5.97. The lowest BCUT2D eigenvalue weighted by Crippen LogP contribution is -2.28. The number of hydrogen-bond donors (Lipinski definition) is 0. The lowest BCUT2D eigenvalue weighted by Gasteiger charge is -2.24. The van der Waals surface area contributed by atoms with Crippen LogP contribution in [0, 0.1) is 0 Å². The number of hydrogen-bond acceptors (Lipinski definition) is 2. The van der Waals surface area contributed by atoms with Gasteiger partial charge in [0, 0.05) is 23.8 Å². The van der Waals surface area contributed by atoms with Gasteiger partial charge in [0.05, 0.1) is 0 Å². The van der Waals surface area contributed by atoms with Crippen LogP contribution in [0.1, 0.15) is 36.7 Å². The fraction of sp³-hybridized carbons (Fsp3) is 0.462. The summed E-state index contributed by atoms with van der Waals surface area (Å²) in [6, 6.07) is 6.55. The standard InChI is InChI=1S/C13H17NO/c1-9(2)14-8-7-12-11(10(3)15)5-4-6-13(12)14/h4-6,9H,7-8H2,1-3H3. The molecule has 2 rings (SSSR count). The quantitative estimate of drug-likeness (QED) is 0.689. The van der Waals surface area contributed by atoms with Gasteiger partial charge >= 0.3 is 0 Å². The first-order valence-corrected chi connectivity index (χ1v) is 5.50. The molecule has 2 heteroatoms. The van der Waals surface area contributed by atoms with E-state index in [9.17, 15) is 4.79 Å². The Kier molecular flexibility index (Phi) is 2.51. The van der Waals surface area contributed by atoms with Crippen molar-refractivity contribution in [1.29, 1.82) is 0 Å². The average molecular weight is 203 g/mol. The molecule has 80 valence electrons. The molecule has 0 amide bonds. The molecule has 0 spiro atoms. The molecule has 0 N–H and O–H groups in total. The van der Waals surface area contributed by atoms with E-state index in [0.29, 0.717) is 6.04 Å². The normalized spacial score (nSPS) is 14.5. The highest BCUT2D eigenvalue weighted by atomic mass is 16.1. The number of nitrogens with zero attached hydrogens (tertiary/aromatic N) is 1. The van der Waals surface area contributed by atoms with E-state index in [1.807, 2.05) is 12.1 Å². The van der Waals surface area contributed by atoms with Crippen LogP contribution in [0.25, 0.3) is 0 Å². The van der Waals surface area contributed by atoms with Crippen molar-refractivity contribution >= 4 is 11.5 Å². The second-order valence-corrected chi connectivity index (χ2v) is 4.40. The molecule has 1 heterocycles. The Labute approximate surface area is 90.9 Å². The fourth-order valence-electron chi connectivity index (χ4n) is 2.33. The zero-order valence-corrected chi connectivity index (χ0v) is 9.58. The summed E-state index contributed by atoms with van der Waals surface area (Å²) in [7, 11) is 0. The van der Waals surface area contributed by atoms with E-state index in [1.54, 1.807) is 6.92 Å². The largest absolute Gasteiger partial charge is 0.369 e. The molecule has 0 saturated carbocycles. The summed E-state index contributed by atoms with van der Waals surface area (Å²) < 4.78 is 0. The predicted molar refractivity (Wildman–Crippen MR) is 62.6 cm³/mol. The van der Waals surface area contributed by atoms with E-state index in [2.05, 4.69) is 24.8 Å². The maximum Gasteiger partial charge on any atom is 0.160 e. The van der Waals surface area contributed by atoms with Gasteiger partial charge in [0.1, 0.15) is 0 Å².